The summed E-state index contributed by atoms with van der Waals surface area (Å²) >= 11 is 0. The molecule has 0 aromatic carbocycles. The Labute approximate surface area is 148 Å². The summed E-state index contributed by atoms with van der Waals surface area (Å²) in [6, 6.07) is 0. The molecular formula is C18H26N6O. The topological polar surface area (TPSA) is 59.2 Å². The molecule has 7 heteroatoms. The van der Waals surface area contributed by atoms with Crippen molar-refractivity contribution >= 4 is 5.91 Å². The lowest BCUT2D eigenvalue weighted by atomic mass is 10.1. The maximum Gasteiger partial charge on any atom is 0.272 e. The van der Waals surface area contributed by atoms with Gasteiger partial charge in [0.25, 0.3) is 5.91 Å². The number of piperazine rings is 1. The zero-order valence-corrected chi connectivity index (χ0v) is 15.1. The molecular weight excluding hydrogens is 316 g/mol. The van der Waals surface area contributed by atoms with Gasteiger partial charge in [0.2, 0.25) is 0 Å². The van der Waals surface area contributed by atoms with Gasteiger partial charge in [-0.2, -0.15) is 5.10 Å². The minimum Gasteiger partial charge on any atom is -0.335 e. The van der Waals surface area contributed by atoms with E-state index >= 15 is 0 Å². The average molecular weight is 342 g/mol. The Kier molecular flexibility index (Phi) is 4.33. The van der Waals surface area contributed by atoms with Gasteiger partial charge >= 0.3 is 0 Å². The second-order valence-electron chi connectivity index (χ2n) is 7.16. The van der Waals surface area contributed by atoms with E-state index in [1.54, 1.807) is 0 Å². The molecule has 0 radical (unpaired) electrons. The van der Waals surface area contributed by atoms with Gasteiger partial charge < -0.3 is 9.47 Å². The number of rotatable bonds is 3. The number of hydrogen-bond acceptors (Lipinski definition) is 4. The summed E-state index contributed by atoms with van der Waals surface area (Å²) in [7, 11) is 1.94. The summed E-state index contributed by atoms with van der Waals surface area (Å²) in [6.07, 6.45) is 7.28. The number of aromatic nitrogens is 4. The molecule has 2 aromatic rings. The first-order valence-corrected chi connectivity index (χ1v) is 9.17. The van der Waals surface area contributed by atoms with Gasteiger partial charge in [-0.3, -0.25) is 14.4 Å². The van der Waals surface area contributed by atoms with Crippen molar-refractivity contribution in [1.82, 2.24) is 29.1 Å². The van der Waals surface area contributed by atoms with Gasteiger partial charge in [0.05, 0.1) is 11.9 Å². The van der Waals surface area contributed by atoms with Crippen molar-refractivity contribution < 1.29 is 4.79 Å². The number of carbonyl (C=O) groups is 1. The first-order valence-electron chi connectivity index (χ1n) is 9.17. The predicted molar refractivity (Wildman–Crippen MR) is 94.3 cm³/mol. The van der Waals surface area contributed by atoms with Crippen LogP contribution in [0.4, 0.5) is 0 Å². The van der Waals surface area contributed by atoms with Crippen LogP contribution in [0, 0.1) is 6.92 Å². The molecule has 7 nitrogen and oxygen atoms in total. The van der Waals surface area contributed by atoms with Crippen LogP contribution >= 0.6 is 0 Å². The van der Waals surface area contributed by atoms with Gasteiger partial charge in [0, 0.05) is 64.5 Å². The molecule has 0 unspecified atom stereocenters. The van der Waals surface area contributed by atoms with Crippen molar-refractivity contribution in [3.63, 3.8) is 0 Å². The Hall–Kier alpha value is -2.15. The zero-order valence-electron chi connectivity index (χ0n) is 15.1. The zero-order chi connectivity index (χ0) is 17.4. The summed E-state index contributed by atoms with van der Waals surface area (Å²) in [5.41, 5.74) is 2.93. The molecule has 2 aliphatic rings. The van der Waals surface area contributed by atoms with Gasteiger partial charge in [-0.15, -0.1) is 0 Å². The van der Waals surface area contributed by atoms with Gasteiger partial charge in [-0.1, -0.05) is 0 Å². The van der Waals surface area contributed by atoms with E-state index in [1.807, 2.05) is 29.7 Å². The molecule has 0 spiro atoms. The van der Waals surface area contributed by atoms with Crippen LogP contribution in [0.2, 0.25) is 0 Å². The van der Waals surface area contributed by atoms with E-state index in [0.29, 0.717) is 0 Å². The highest BCUT2D eigenvalue weighted by Crippen LogP contribution is 2.21. The molecule has 0 saturated carbocycles. The highest BCUT2D eigenvalue weighted by atomic mass is 16.2. The van der Waals surface area contributed by atoms with E-state index in [-0.39, 0.29) is 5.91 Å². The van der Waals surface area contributed by atoms with Crippen LogP contribution in [0.25, 0.3) is 0 Å². The first kappa shape index (κ1) is 16.3. The molecule has 2 aromatic heterocycles. The quantitative estimate of drug-likeness (QED) is 0.841. The van der Waals surface area contributed by atoms with E-state index in [0.717, 1.165) is 69.3 Å². The van der Waals surface area contributed by atoms with E-state index in [4.69, 9.17) is 0 Å². The number of aryl methyl sites for hydroxylation is 3. The standard InChI is InChI=1S/C18H26N6O/c1-14-17(24-6-4-3-5-16(24)20-14)18(25)23-9-7-22(8-10-23)13-15-11-19-21(2)12-15/h11-12H,3-10,13H2,1-2H3. The number of hydrogen-bond donors (Lipinski definition) is 0. The molecule has 25 heavy (non-hydrogen) atoms. The minimum absolute atomic E-state index is 0.152. The SMILES string of the molecule is Cc1nc2n(c1C(=O)N1CCN(Cc3cnn(C)c3)CC1)CCCC2. The third kappa shape index (κ3) is 3.20. The molecule has 1 fully saturated rings. The Morgan fingerprint density at radius 3 is 2.68 bits per heavy atom. The van der Waals surface area contributed by atoms with E-state index in [2.05, 4.69) is 25.7 Å². The molecule has 1 amide bonds. The van der Waals surface area contributed by atoms with Crippen molar-refractivity contribution in [2.24, 2.45) is 7.05 Å². The number of carbonyl (C=O) groups excluding carboxylic acids is 1. The maximum absolute atomic E-state index is 13.1. The first-order chi connectivity index (χ1) is 12.1. The summed E-state index contributed by atoms with van der Waals surface area (Å²) in [4.78, 5) is 22.1. The lowest BCUT2D eigenvalue weighted by molar-refractivity contribution is 0.0616. The smallest absolute Gasteiger partial charge is 0.272 e. The van der Waals surface area contributed by atoms with Gasteiger partial charge in [-0.05, 0) is 19.8 Å². The summed E-state index contributed by atoms with van der Waals surface area (Å²) in [5.74, 6) is 1.24. The lowest BCUT2D eigenvalue weighted by Gasteiger charge is -2.34. The molecule has 0 N–H and O–H groups in total. The van der Waals surface area contributed by atoms with Crippen molar-refractivity contribution in [3.8, 4) is 0 Å². The van der Waals surface area contributed by atoms with Crippen molar-refractivity contribution in [2.45, 2.75) is 39.3 Å². The molecule has 4 rings (SSSR count). The van der Waals surface area contributed by atoms with E-state index < -0.39 is 0 Å². The normalized spacial score (nSPS) is 18.4. The van der Waals surface area contributed by atoms with Crippen LogP contribution in [0.3, 0.4) is 0 Å². The highest BCUT2D eigenvalue weighted by molar-refractivity contribution is 5.94. The lowest BCUT2D eigenvalue weighted by Crippen LogP contribution is -2.48. The average Bonchev–Trinajstić information content (AvgIpc) is 3.17. The monoisotopic (exact) mass is 342 g/mol. The van der Waals surface area contributed by atoms with Crippen molar-refractivity contribution in [3.05, 3.63) is 35.2 Å². The van der Waals surface area contributed by atoms with Crippen molar-refractivity contribution in [1.29, 1.82) is 0 Å². The predicted octanol–water partition coefficient (Wildman–Crippen LogP) is 1.22. The molecule has 0 aliphatic carbocycles. The largest absolute Gasteiger partial charge is 0.335 e. The fourth-order valence-corrected chi connectivity index (χ4v) is 3.96. The van der Waals surface area contributed by atoms with Crippen LogP contribution in [0.1, 0.15) is 40.4 Å². The highest BCUT2D eigenvalue weighted by Gasteiger charge is 2.28. The fourth-order valence-electron chi connectivity index (χ4n) is 3.96. The Morgan fingerprint density at radius 2 is 1.96 bits per heavy atom. The second-order valence-corrected chi connectivity index (χ2v) is 7.16. The van der Waals surface area contributed by atoms with Gasteiger partial charge in [-0.25, -0.2) is 4.98 Å². The number of amides is 1. The van der Waals surface area contributed by atoms with Crippen LogP contribution in [0.5, 0.6) is 0 Å². The Bertz CT molecular complexity index is 769. The van der Waals surface area contributed by atoms with Crippen LogP contribution in [-0.4, -0.2) is 61.2 Å². The Morgan fingerprint density at radius 1 is 1.16 bits per heavy atom. The third-order valence-electron chi connectivity index (χ3n) is 5.28. The maximum atomic E-state index is 13.1. The van der Waals surface area contributed by atoms with Gasteiger partial charge in [0.15, 0.2) is 0 Å². The third-order valence-corrected chi connectivity index (χ3v) is 5.28. The summed E-state index contributed by atoms with van der Waals surface area (Å²) in [6.45, 7) is 7.16. The molecule has 4 heterocycles. The van der Waals surface area contributed by atoms with E-state index in [1.165, 1.54) is 12.0 Å². The number of nitrogens with zero attached hydrogens (tertiary/aromatic N) is 6. The van der Waals surface area contributed by atoms with Gasteiger partial charge in [0.1, 0.15) is 11.5 Å². The van der Waals surface area contributed by atoms with Crippen LogP contribution in [-0.2, 0) is 26.6 Å². The summed E-state index contributed by atoms with van der Waals surface area (Å²) in [5, 5.41) is 4.23. The molecule has 0 atom stereocenters. The van der Waals surface area contributed by atoms with Crippen molar-refractivity contribution in [2.75, 3.05) is 26.2 Å². The molecule has 134 valence electrons. The fraction of sp³-hybridized carbons (Fsp3) is 0.611. The molecule has 1 saturated heterocycles. The number of fused-ring (bicyclic) bond motifs is 1. The van der Waals surface area contributed by atoms with E-state index in [9.17, 15) is 4.79 Å². The minimum atomic E-state index is 0.152. The second kappa shape index (κ2) is 6.63. The Balaban J connectivity index is 1.41. The van der Waals surface area contributed by atoms with Crippen LogP contribution in [0.15, 0.2) is 12.4 Å². The molecule has 2 aliphatic heterocycles. The van der Waals surface area contributed by atoms with Crippen LogP contribution < -0.4 is 0 Å². The summed E-state index contributed by atoms with van der Waals surface area (Å²) < 4.78 is 3.99. The molecule has 0 bridgehead atoms. The number of imidazole rings is 1.